The van der Waals surface area contributed by atoms with Gasteiger partial charge < -0.3 is 4.98 Å². The number of benzene rings is 3. The molecule has 150 valence electrons. The number of rotatable bonds is 4. The van der Waals surface area contributed by atoms with Crippen LogP contribution in [0, 0.1) is 0 Å². The molecule has 1 amide bonds. The number of nitrogens with one attached hydrogen (secondary N) is 2. The number of hydrogen-bond acceptors (Lipinski definition) is 2. The minimum Gasteiger partial charge on any atom is -0.354 e. The van der Waals surface area contributed by atoms with Crippen LogP contribution in [0.1, 0.15) is 42.3 Å². The molecule has 30 heavy (non-hydrogen) atoms. The molecular weight excluding hydrogens is 370 g/mol. The maximum atomic E-state index is 12.5. The summed E-state index contributed by atoms with van der Waals surface area (Å²) >= 11 is 0. The Hall–Kier alpha value is -3.66. The van der Waals surface area contributed by atoms with Crippen LogP contribution in [0.5, 0.6) is 0 Å². The van der Waals surface area contributed by atoms with E-state index in [2.05, 4.69) is 48.4 Å². The van der Waals surface area contributed by atoms with Crippen LogP contribution in [-0.2, 0) is 5.41 Å². The van der Waals surface area contributed by atoms with Gasteiger partial charge in [-0.1, -0.05) is 81.4 Å². The van der Waals surface area contributed by atoms with Gasteiger partial charge in [-0.3, -0.25) is 4.79 Å². The molecule has 0 saturated heterocycles. The number of aromatic nitrogens is 1. The van der Waals surface area contributed by atoms with Gasteiger partial charge in [0, 0.05) is 22.0 Å². The number of para-hydroxylation sites is 1. The first kappa shape index (κ1) is 19.6. The lowest BCUT2D eigenvalue weighted by Crippen LogP contribution is -2.18. The van der Waals surface area contributed by atoms with Crippen molar-refractivity contribution < 1.29 is 4.79 Å². The van der Waals surface area contributed by atoms with E-state index in [1.165, 1.54) is 5.56 Å². The second kappa shape index (κ2) is 7.99. The Morgan fingerprint density at radius 2 is 1.57 bits per heavy atom. The average molecular weight is 396 g/mol. The molecule has 0 unspecified atom stereocenters. The highest BCUT2D eigenvalue weighted by atomic mass is 16.2. The molecule has 1 heterocycles. The maximum Gasteiger partial charge on any atom is 0.271 e. The second-order valence-corrected chi connectivity index (χ2v) is 8.35. The minimum absolute atomic E-state index is 0.0519. The number of nitrogens with zero attached hydrogens (tertiary/aromatic N) is 1. The van der Waals surface area contributed by atoms with Crippen molar-refractivity contribution in [3.8, 4) is 11.3 Å². The van der Waals surface area contributed by atoms with Crippen molar-refractivity contribution in [3.63, 3.8) is 0 Å². The zero-order valence-corrected chi connectivity index (χ0v) is 17.4. The summed E-state index contributed by atoms with van der Waals surface area (Å²) in [6.07, 6.45) is 1.71. The van der Waals surface area contributed by atoms with Gasteiger partial charge in [-0.25, -0.2) is 5.43 Å². The highest BCUT2D eigenvalue weighted by Crippen LogP contribution is 2.29. The summed E-state index contributed by atoms with van der Waals surface area (Å²) < 4.78 is 0. The van der Waals surface area contributed by atoms with E-state index in [1.807, 2.05) is 66.7 Å². The molecule has 0 aliphatic rings. The number of fused-ring (bicyclic) bond motifs is 1. The lowest BCUT2D eigenvalue weighted by Gasteiger charge is -2.18. The fourth-order valence-electron chi connectivity index (χ4n) is 3.47. The molecule has 1 aromatic heterocycles. The van der Waals surface area contributed by atoms with Gasteiger partial charge in [0.2, 0.25) is 0 Å². The second-order valence-electron chi connectivity index (χ2n) is 8.35. The summed E-state index contributed by atoms with van der Waals surface area (Å²) in [4.78, 5) is 16.0. The van der Waals surface area contributed by atoms with Gasteiger partial charge in [-0.2, -0.15) is 5.10 Å². The number of hydrazone groups is 1. The van der Waals surface area contributed by atoms with Gasteiger partial charge in [0.05, 0.1) is 11.9 Å². The Labute approximate surface area is 176 Å². The van der Waals surface area contributed by atoms with Crippen LogP contribution in [0.3, 0.4) is 0 Å². The summed E-state index contributed by atoms with van der Waals surface area (Å²) in [7, 11) is 0. The van der Waals surface area contributed by atoms with Crippen LogP contribution in [0.25, 0.3) is 22.2 Å². The van der Waals surface area contributed by atoms with E-state index in [-0.39, 0.29) is 11.3 Å². The maximum absolute atomic E-state index is 12.5. The van der Waals surface area contributed by atoms with E-state index >= 15 is 0 Å². The van der Waals surface area contributed by atoms with Gasteiger partial charge in [-0.15, -0.1) is 0 Å². The van der Waals surface area contributed by atoms with Crippen LogP contribution in [0.2, 0.25) is 0 Å². The smallest absolute Gasteiger partial charge is 0.271 e. The number of H-pyrrole nitrogens is 1. The van der Waals surface area contributed by atoms with E-state index in [0.29, 0.717) is 5.56 Å². The first-order valence-corrected chi connectivity index (χ1v) is 10.0. The number of hydrogen-bond donors (Lipinski definition) is 2. The van der Waals surface area contributed by atoms with Crippen molar-refractivity contribution in [1.29, 1.82) is 0 Å². The lowest BCUT2D eigenvalue weighted by atomic mass is 9.87. The highest BCUT2D eigenvalue weighted by molar-refractivity contribution is 6.06. The Kier molecular flexibility index (Phi) is 5.23. The number of amides is 1. The summed E-state index contributed by atoms with van der Waals surface area (Å²) in [6, 6.07) is 25.8. The molecule has 0 atom stereocenters. The zero-order chi connectivity index (χ0) is 21.1. The topological polar surface area (TPSA) is 57.2 Å². The van der Waals surface area contributed by atoms with Crippen LogP contribution in [0.15, 0.2) is 84.0 Å². The van der Waals surface area contributed by atoms with E-state index in [1.54, 1.807) is 6.21 Å². The van der Waals surface area contributed by atoms with Gasteiger partial charge in [-0.05, 0) is 34.7 Å². The van der Waals surface area contributed by atoms with E-state index in [0.717, 1.165) is 27.7 Å². The molecule has 0 radical (unpaired) electrons. The SMILES string of the molecule is CC(C)(C)c1ccc(C(=O)N/N=C/c2c(-c3ccccc3)[nH]c3ccccc23)cc1. The molecule has 0 aliphatic heterocycles. The molecule has 3 aromatic carbocycles. The third-order valence-electron chi connectivity index (χ3n) is 5.18. The normalized spacial score (nSPS) is 11.8. The highest BCUT2D eigenvalue weighted by Gasteiger charge is 2.14. The molecular formula is C26H25N3O. The molecule has 0 saturated carbocycles. The van der Waals surface area contributed by atoms with E-state index < -0.39 is 0 Å². The third kappa shape index (κ3) is 4.03. The summed E-state index contributed by atoms with van der Waals surface area (Å²) in [5.41, 5.74) is 8.50. The number of aromatic amines is 1. The average Bonchev–Trinajstić information content (AvgIpc) is 3.12. The number of carbonyl (C=O) groups is 1. The Bertz CT molecular complexity index is 1200. The zero-order valence-electron chi connectivity index (χ0n) is 17.4. The van der Waals surface area contributed by atoms with E-state index in [9.17, 15) is 4.79 Å². The molecule has 4 heteroatoms. The van der Waals surface area contributed by atoms with Gasteiger partial charge in [0.25, 0.3) is 5.91 Å². The first-order chi connectivity index (χ1) is 14.4. The molecule has 0 bridgehead atoms. The van der Waals surface area contributed by atoms with Crippen molar-refractivity contribution in [1.82, 2.24) is 10.4 Å². The van der Waals surface area contributed by atoms with Gasteiger partial charge in [0.1, 0.15) is 0 Å². The summed E-state index contributed by atoms with van der Waals surface area (Å²) in [5.74, 6) is -0.229. The quantitative estimate of drug-likeness (QED) is 0.328. The Balaban J connectivity index is 1.59. The van der Waals surface area contributed by atoms with Crippen molar-refractivity contribution in [2.45, 2.75) is 26.2 Å². The van der Waals surface area contributed by atoms with Gasteiger partial charge in [0.15, 0.2) is 0 Å². The van der Waals surface area contributed by atoms with Crippen molar-refractivity contribution in [3.05, 3.63) is 95.6 Å². The summed E-state index contributed by atoms with van der Waals surface area (Å²) in [6.45, 7) is 6.45. The van der Waals surface area contributed by atoms with Gasteiger partial charge >= 0.3 is 0 Å². The fraction of sp³-hybridized carbons (Fsp3) is 0.154. The van der Waals surface area contributed by atoms with Crippen LogP contribution < -0.4 is 5.43 Å². The van der Waals surface area contributed by atoms with E-state index in [4.69, 9.17) is 0 Å². The minimum atomic E-state index is -0.229. The fourth-order valence-corrected chi connectivity index (χ4v) is 3.47. The van der Waals surface area contributed by atoms with Crippen molar-refractivity contribution in [2.75, 3.05) is 0 Å². The largest absolute Gasteiger partial charge is 0.354 e. The number of carbonyl (C=O) groups excluding carboxylic acids is 1. The molecule has 0 fully saturated rings. The molecule has 4 rings (SSSR count). The lowest BCUT2D eigenvalue weighted by molar-refractivity contribution is 0.0955. The molecule has 4 nitrogen and oxygen atoms in total. The monoisotopic (exact) mass is 395 g/mol. The van der Waals surface area contributed by atoms with Crippen molar-refractivity contribution >= 4 is 23.0 Å². The first-order valence-electron chi connectivity index (χ1n) is 10.0. The molecule has 4 aromatic rings. The van der Waals surface area contributed by atoms with Crippen LogP contribution in [-0.4, -0.2) is 17.1 Å². The van der Waals surface area contributed by atoms with Crippen molar-refractivity contribution in [2.24, 2.45) is 5.10 Å². The molecule has 2 N–H and O–H groups in total. The molecule has 0 aliphatic carbocycles. The standard InChI is InChI=1S/C26H25N3O/c1-26(2,3)20-15-13-19(14-16-20)25(30)29-27-17-22-21-11-7-8-12-23(21)28-24(22)18-9-5-4-6-10-18/h4-17,28H,1-3H3,(H,29,30)/b27-17+. The third-order valence-corrected chi connectivity index (χ3v) is 5.18. The van der Waals surface area contributed by atoms with Crippen LogP contribution in [0.4, 0.5) is 0 Å². The Morgan fingerprint density at radius 1 is 0.900 bits per heavy atom. The van der Waals surface area contributed by atoms with Crippen LogP contribution >= 0.6 is 0 Å². The molecule has 0 spiro atoms. The Morgan fingerprint density at radius 3 is 2.27 bits per heavy atom. The predicted molar refractivity (Wildman–Crippen MR) is 124 cm³/mol. The summed E-state index contributed by atoms with van der Waals surface area (Å²) in [5, 5.41) is 5.31. The predicted octanol–water partition coefficient (Wildman–Crippen LogP) is 5.90.